The van der Waals surface area contributed by atoms with Crippen molar-refractivity contribution in [3.63, 3.8) is 0 Å². The van der Waals surface area contributed by atoms with E-state index in [1.165, 1.54) is 0 Å². The number of Topliss-reactive ketones (excluding diaryl/α,β-unsaturated/α-hetero) is 2. The van der Waals surface area contributed by atoms with E-state index < -0.39 is 0 Å². The maximum atomic E-state index is 11.0. The van der Waals surface area contributed by atoms with Crippen LogP contribution in [0.5, 0.6) is 0 Å². The third-order valence-corrected chi connectivity index (χ3v) is 1.64. The number of carbonyl (C=O) groups is 2. The van der Waals surface area contributed by atoms with Crippen LogP contribution in [0.3, 0.4) is 0 Å². The molecule has 12 heavy (non-hydrogen) atoms. The van der Waals surface area contributed by atoms with E-state index >= 15 is 0 Å². The minimum Gasteiger partial charge on any atom is -0.299 e. The maximum absolute atomic E-state index is 11.0. The van der Waals surface area contributed by atoms with E-state index in [2.05, 4.69) is 0 Å². The fourth-order valence-electron chi connectivity index (χ4n) is 0.580. The summed E-state index contributed by atoms with van der Waals surface area (Å²) in [4.78, 5) is 22.1. The Morgan fingerprint density at radius 2 is 1.17 bits per heavy atom. The van der Waals surface area contributed by atoms with Gasteiger partial charge in [0.05, 0.1) is 6.42 Å². The Morgan fingerprint density at radius 3 is 1.33 bits per heavy atom. The summed E-state index contributed by atoms with van der Waals surface area (Å²) in [7, 11) is 0. The molecule has 0 aliphatic carbocycles. The molecule has 0 bridgehead atoms. The first-order valence-corrected chi connectivity index (χ1v) is 4.00. The molecule has 0 saturated carbocycles. The van der Waals surface area contributed by atoms with Gasteiger partial charge in [-0.15, -0.1) is 0 Å². The predicted octanol–water partition coefficient (Wildman–Crippen LogP) is 1.83. The monoisotopic (exact) mass is 297 g/mol. The third-order valence-electron chi connectivity index (χ3n) is 1.64. The smallest absolute Gasteiger partial charge is 0.142 e. The molecular weight excluding hydrogens is 281 g/mol. The van der Waals surface area contributed by atoms with E-state index in [0.717, 1.165) is 0 Å². The van der Waals surface area contributed by atoms with Crippen molar-refractivity contribution < 1.29 is 50.9 Å². The molecule has 0 aromatic carbocycles. The Hall–Kier alpha value is 0.704. The number of rotatable bonds is 4. The number of hydrogen-bond donors (Lipinski definition) is 0. The average molecular weight is 297 g/mol. The molecule has 0 N–H and O–H groups in total. The van der Waals surface area contributed by atoms with Crippen molar-refractivity contribution in [3.8, 4) is 0 Å². The van der Waals surface area contributed by atoms with Crippen molar-refractivity contribution in [1.82, 2.24) is 0 Å². The molecule has 0 heterocycles. The van der Waals surface area contributed by atoms with Crippen LogP contribution >= 0.6 is 0 Å². The van der Waals surface area contributed by atoms with Gasteiger partial charge >= 0.3 is 0 Å². The van der Waals surface area contributed by atoms with E-state index in [1.54, 1.807) is 0 Å². The molecule has 0 aliphatic heterocycles. The van der Waals surface area contributed by atoms with Crippen LogP contribution in [-0.2, 0) is 9.59 Å². The number of carbonyl (C=O) groups excluding carboxylic acids is 2. The molecule has 0 fully saturated rings. The Labute approximate surface area is 107 Å². The van der Waals surface area contributed by atoms with Crippen molar-refractivity contribution >= 4 is 11.6 Å². The van der Waals surface area contributed by atoms with Crippen molar-refractivity contribution in [2.24, 2.45) is 11.8 Å². The summed E-state index contributed by atoms with van der Waals surface area (Å²) in [6, 6.07) is 0. The second-order valence-corrected chi connectivity index (χ2v) is 3.42. The van der Waals surface area contributed by atoms with Gasteiger partial charge < -0.3 is 0 Å². The molecule has 0 aromatic heterocycles. The van der Waals surface area contributed by atoms with E-state index in [4.69, 9.17) is 0 Å². The predicted molar refractivity (Wildman–Crippen MR) is 44.3 cm³/mol. The van der Waals surface area contributed by atoms with Crippen LogP contribution in [0.15, 0.2) is 0 Å². The molecule has 2 nitrogen and oxygen atoms in total. The summed E-state index contributed by atoms with van der Waals surface area (Å²) < 4.78 is 0. The number of hydrogen-bond acceptors (Lipinski definition) is 2. The van der Waals surface area contributed by atoms with Crippen LogP contribution in [0.2, 0.25) is 0 Å². The van der Waals surface area contributed by atoms with E-state index in [9.17, 15) is 9.59 Å². The fraction of sp³-hybridized carbons (Fsp3) is 0.778. The van der Waals surface area contributed by atoms with Gasteiger partial charge in [-0.1, -0.05) is 27.7 Å². The first kappa shape index (κ1) is 15.2. The molecular formula is C9H16O2Pr. The van der Waals surface area contributed by atoms with Crippen molar-refractivity contribution in [3.05, 3.63) is 0 Å². The van der Waals surface area contributed by atoms with Crippen LogP contribution in [-0.4, -0.2) is 11.6 Å². The zero-order chi connectivity index (χ0) is 9.02. The number of ketones is 2. The van der Waals surface area contributed by atoms with Gasteiger partial charge in [0, 0.05) is 53.1 Å². The topological polar surface area (TPSA) is 34.1 Å². The van der Waals surface area contributed by atoms with Crippen LogP contribution in [0.4, 0.5) is 0 Å². The molecule has 0 amide bonds. The van der Waals surface area contributed by atoms with Crippen LogP contribution in [0, 0.1) is 53.1 Å². The molecule has 0 saturated heterocycles. The van der Waals surface area contributed by atoms with Gasteiger partial charge in [0.15, 0.2) is 0 Å². The second-order valence-electron chi connectivity index (χ2n) is 3.42. The van der Waals surface area contributed by atoms with Crippen LogP contribution in [0.25, 0.3) is 0 Å². The summed E-state index contributed by atoms with van der Waals surface area (Å²) in [6.45, 7) is 7.26. The summed E-state index contributed by atoms with van der Waals surface area (Å²) >= 11 is 0. The molecule has 0 unspecified atom stereocenters. The average Bonchev–Trinajstić information content (AvgIpc) is 1.87. The maximum Gasteiger partial charge on any atom is 0.142 e. The van der Waals surface area contributed by atoms with Crippen LogP contribution < -0.4 is 0 Å². The summed E-state index contributed by atoms with van der Waals surface area (Å²) in [5.74, 6) is 0.0581. The molecule has 67 valence electrons. The Balaban J connectivity index is 0. The summed E-state index contributed by atoms with van der Waals surface area (Å²) in [6.07, 6.45) is 0.106. The minimum atomic E-state index is -0.0160. The zero-order valence-electron chi connectivity index (χ0n) is 8.26. The molecule has 3 heteroatoms. The molecule has 0 spiro atoms. The van der Waals surface area contributed by atoms with Gasteiger partial charge in [-0.05, 0) is 0 Å². The molecule has 1 radical (unpaired) electrons. The largest absolute Gasteiger partial charge is 0.299 e. The normalized spacial score (nSPS) is 9.83. The van der Waals surface area contributed by atoms with E-state index in [-0.39, 0.29) is 71.1 Å². The SMILES string of the molecule is CC(C)C(=O)CC(=O)C(C)C.[Pr]. The fourth-order valence-corrected chi connectivity index (χ4v) is 0.580. The zero-order valence-corrected chi connectivity index (χ0v) is 12.0. The molecule has 0 atom stereocenters. The van der Waals surface area contributed by atoms with E-state index in [0.29, 0.717) is 0 Å². The van der Waals surface area contributed by atoms with Crippen LogP contribution in [0.1, 0.15) is 34.1 Å². The first-order chi connectivity index (χ1) is 4.95. The quantitative estimate of drug-likeness (QED) is 0.742. The van der Waals surface area contributed by atoms with Gasteiger partial charge in [-0.3, -0.25) is 9.59 Å². The first-order valence-electron chi connectivity index (χ1n) is 4.00. The van der Waals surface area contributed by atoms with Crippen molar-refractivity contribution in [2.45, 2.75) is 34.1 Å². The van der Waals surface area contributed by atoms with Gasteiger partial charge in [0.1, 0.15) is 11.6 Å². The standard InChI is InChI=1S/C9H16O2.Pr/c1-6(2)8(10)5-9(11)7(3)4;/h6-7H,5H2,1-4H3;. The van der Waals surface area contributed by atoms with Gasteiger partial charge in [-0.25, -0.2) is 0 Å². The van der Waals surface area contributed by atoms with E-state index in [1.807, 2.05) is 27.7 Å². The minimum absolute atomic E-state index is 0. The second kappa shape index (κ2) is 7.14. The Morgan fingerprint density at radius 1 is 0.917 bits per heavy atom. The molecule has 0 rings (SSSR count). The van der Waals surface area contributed by atoms with Gasteiger partial charge in [0.25, 0.3) is 0 Å². The molecule has 0 aromatic rings. The summed E-state index contributed by atoms with van der Waals surface area (Å²) in [5.41, 5.74) is 0. The Kier molecular flexibility index (Phi) is 9.04. The summed E-state index contributed by atoms with van der Waals surface area (Å²) in [5, 5.41) is 0. The third kappa shape index (κ3) is 6.25. The Bertz CT molecular complexity index is 144. The molecule has 0 aliphatic rings. The van der Waals surface area contributed by atoms with Crippen molar-refractivity contribution in [2.75, 3.05) is 0 Å². The van der Waals surface area contributed by atoms with Gasteiger partial charge in [0.2, 0.25) is 0 Å². The van der Waals surface area contributed by atoms with Crippen molar-refractivity contribution in [1.29, 1.82) is 0 Å². The van der Waals surface area contributed by atoms with Gasteiger partial charge in [-0.2, -0.15) is 0 Å².